The zero-order chi connectivity index (χ0) is 15.2. The van der Waals surface area contributed by atoms with Crippen molar-refractivity contribution < 1.29 is 13.9 Å². The van der Waals surface area contributed by atoms with Gasteiger partial charge in [-0.15, -0.1) is 11.3 Å². The van der Waals surface area contributed by atoms with Crippen LogP contribution in [0, 0.1) is 12.7 Å². The molecule has 1 atom stereocenters. The first-order chi connectivity index (χ1) is 10.1. The third-order valence-electron chi connectivity index (χ3n) is 3.13. The first kappa shape index (κ1) is 15.7. The topological polar surface area (TPSA) is 38.3 Å². The Kier molecular flexibility index (Phi) is 5.47. The van der Waals surface area contributed by atoms with Crippen molar-refractivity contribution >= 4 is 17.3 Å². The van der Waals surface area contributed by atoms with Gasteiger partial charge in [-0.2, -0.15) is 0 Å². The van der Waals surface area contributed by atoms with Gasteiger partial charge in [0.15, 0.2) is 0 Å². The van der Waals surface area contributed by atoms with Crippen LogP contribution in [0.4, 0.5) is 4.39 Å². The monoisotopic (exact) mass is 307 g/mol. The first-order valence-electron chi connectivity index (χ1n) is 6.80. The van der Waals surface area contributed by atoms with Crippen LogP contribution in [-0.4, -0.2) is 12.6 Å². The molecule has 2 aromatic rings. The van der Waals surface area contributed by atoms with Gasteiger partial charge in [-0.1, -0.05) is 12.1 Å². The van der Waals surface area contributed by atoms with Crippen LogP contribution in [0.25, 0.3) is 0 Å². The standard InChI is InChI=1S/C16H18FNO2S/c1-3-20-16(19)15(18-10-13-5-4-8-21-13)14-7-6-12(17)9-11(14)2/h4-9,15,18H,3,10H2,1-2H3. The summed E-state index contributed by atoms with van der Waals surface area (Å²) in [5.74, 6) is -0.652. The van der Waals surface area contributed by atoms with Gasteiger partial charge in [0, 0.05) is 11.4 Å². The number of halogens is 1. The fourth-order valence-corrected chi connectivity index (χ4v) is 2.78. The van der Waals surface area contributed by atoms with E-state index in [9.17, 15) is 9.18 Å². The molecule has 1 heterocycles. The van der Waals surface area contributed by atoms with Gasteiger partial charge in [0.1, 0.15) is 11.9 Å². The number of thiophene rings is 1. The maximum Gasteiger partial charge on any atom is 0.327 e. The summed E-state index contributed by atoms with van der Waals surface area (Å²) >= 11 is 1.62. The number of aryl methyl sites for hydroxylation is 1. The number of carbonyl (C=O) groups is 1. The molecule has 0 saturated heterocycles. The van der Waals surface area contributed by atoms with E-state index in [0.29, 0.717) is 13.2 Å². The van der Waals surface area contributed by atoms with E-state index in [1.54, 1.807) is 31.3 Å². The first-order valence-corrected chi connectivity index (χ1v) is 7.68. The number of nitrogens with one attached hydrogen (secondary N) is 1. The third-order valence-corrected chi connectivity index (χ3v) is 4.00. The number of ether oxygens (including phenoxy) is 1. The Morgan fingerprint density at radius 1 is 1.43 bits per heavy atom. The van der Waals surface area contributed by atoms with E-state index in [-0.39, 0.29) is 11.8 Å². The Morgan fingerprint density at radius 3 is 2.86 bits per heavy atom. The van der Waals surface area contributed by atoms with Crippen molar-refractivity contribution in [2.75, 3.05) is 6.61 Å². The lowest BCUT2D eigenvalue weighted by Crippen LogP contribution is -2.30. The van der Waals surface area contributed by atoms with Crippen molar-refractivity contribution in [1.29, 1.82) is 0 Å². The summed E-state index contributed by atoms with van der Waals surface area (Å²) in [4.78, 5) is 13.3. The van der Waals surface area contributed by atoms with E-state index in [1.807, 2.05) is 17.5 Å². The van der Waals surface area contributed by atoms with Crippen molar-refractivity contribution in [2.24, 2.45) is 0 Å². The Bertz CT molecular complexity index is 598. The van der Waals surface area contributed by atoms with E-state index in [0.717, 1.165) is 16.0 Å². The van der Waals surface area contributed by atoms with E-state index < -0.39 is 6.04 Å². The normalized spacial score (nSPS) is 12.1. The van der Waals surface area contributed by atoms with Crippen LogP contribution >= 0.6 is 11.3 Å². The molecule has 21 heavy (non-hydrogen) atoms. The lowest BCUT2D eigenvalue weighted by molar-refractivity contribution is -0.145. The van der Waals surface area contributed by atoms with Crippen LogP contribution in [0.5, 0.6) is 0 Å². The molecular weight excluding hydrogens is 289 g/mol. The number of carbonyl (C=O) groups excluding carboxylic acids is 1. The van der Waals surface area contributed by atoms with Gasteiger partial charge >= 0.3 is 5.97 Å². The van der Waals surface area contributed by atoms with E-state index in [1.165, 1.54) is 12.1 Å². The second kappa shape index (κ2) is 7.33. The van der Waals surface area contributed by atoms with Gasteiger partial charge in [-0.25, -0.2) is 9.18 Å². The molecule has 1 aromatic carbocycles. The molecule has 0 spiro atoms. The Labute approximate surface area is 127 Å². The lowest BCUT2D eigenvalue weighted by Gasteiger charge is -2.19. The Hall–Kier alpha value is -1.72. The van der Waals surface area contributed by atoms with Crippen LogP contribution in [0.1, 0.15) is 29.0 Å². The summed E-state index contributed by atoms with van der Waals surface area (Å²) in [5.41, 5.74) is 1.47. The summed E-state index contributed by atoms with van der Waals surface area (Å²) in [5, 5.41) is 5.18. The maximum atomic E-state index is 13.2. The van der Waals surface area contributed by atoms with Crippen LogP contribution in [0.3, 0.4) is 0 Å². The van der Waals surface area contributed by atoms with Crippen molar-refractivity contribution in [3.63, 3.8) is 0 Å². The molecule has 0 amide bonds. The molecule has 1 aromatic heterocycles. The zero-order valence-electron chi connectivity index (χ0n) is 12.1. The van der Waals surface area contributed by atoms with Crippen molar-refractivity contribution in [2.45, 2.75) is 26.4 Å². The molecule has 0 saturated carbocycles. The molecule has 0 aliphatic carbocycles. The fourth-order valence-electron chi connectivity index (χ4n) is 2.12. The van der Waals surface area contributed by atoms with Crippen LogP contribution < -0.4 is 5.32 Å². The predicted octanol–water partition coefficient (Wildman–Crippen LogP) is 3.59. The average Bonchev–Trinajstić information content (AvgIpc) is 2.94. The van der Waals surface area contributed by atoms with Gasteiger partial charge < -0.3 is 4.74 Å². The molecule has 0 aliphatic rings. The lowest BCUT2D eigenvalue weighted by atomic mass is 10.0. The molecule has 2 rings (SSSR count). The predicted molar refractivity (Wildman–Crippen MR) is 81.7 cm³/mol. The Balaban J connectivity index is 2.20. The van der Waals surface area contributed by atoms with Crippen molar-refractivity contribution in [3.05, 3.63) is 57.5 Å². The highest BCUT2D eigenvalue weighted by Crippen LogP contribution is 2.21. The molecule has 0 aliphatic heterocycles. The molecule has 0 fully saturated rings. The number of hydrogen-bond acceptors (Lipinski definition) is 4. The Morgan fingerprint density at radius 2 is 2.24 bits per heavy atom. The van der Waals surface area contributed by atoms with Gasteiger partial charge in [-0.3, -0.25) is 5.32 Å². The summed E-state index contributed by atoms with van der Waals surface area (Å²) in [6, 6.07) is 7.79. The number of benzene rings is 1. The maximum absolute atomic E-state index is 13.2. The van der Waals surface area contributed by atoms with Gasteiger partial charge in [-0.05, 0) is 48.6 Å². The average molecular weight is 307 g/mol. The van der Waals surface area contributed by atoms with E-state index >= 15 is 0 Å². The largest absolute Gasteiger partial charge is 0.465 e. The van der Waals surface area contributed by atoms with Crippen molar-refractivity contribution in [1.82, 2.24) is 5.32 Å². The number of hydrogen-bond donors (Lipinski definition) is 1. The highest BCUT2D eigenvalue weighted by atomic mass is 32.1. The second-order valence-electron chi connectivity index (χ2n) is 4.65. The highest BCUT2D eigenvalue weighted by molar-refractivity contribution is 7.09. The highest BCUT2D eigenvalue weighted by Gasteiger charge is 2.23. The minimum absolute atomic E-state index is 0.308. The minimum Gasteiger partial charge on any atom is -0.465 e. The molecule has 112 valence electrons. The van der Waals surface area contributed by atoms with E-state index in [2.05, 4.69) is 5.32 Å². The van der Waals surface area contributed by atoms with Gasteiger partial charge in [0.25, 0.3) is 0 Å². The van der Waals surface area contributed by atoms with Gasteiger partial charge in [0.05, 0.1) is 6.61 Å². The number of rotatable bonds is 6. The molecule has 3 nitrogen and oxygen atoms in total. The summed E-state index contributed by atoms with van der Waals surface area (Å²) in [7, 11) is 0. The van der Waals surface area contributed by atoms with Crippen LogP contribution in [0.15, 0.2) is 35.7 Å². The van der Waals surface area contributed by atoms with E-state index in [4.69, 9.17) is 4.74 Å². The zero-order valence-corrected chi connectivity index (χ0v) is 12.9. The summed E-state index contributed by atoms with van der Waals surface area (Å²) < 4.78 is 18.4. The van der Waals surface area contributed by atoms with Crippen LogP contribution in [-0.2, 0) is 16.1 Å². The molecule has 0 bridgehead atoms. The third kappa shape index (κ3) is 4.12. The summed E-state index contributed by atoms with van der Waals surface area (Å²) in [6.07, 6.45) is 0. The number of esters is 1. The van der Waals surface area contributed by atoms with Gasteiger partial charge in [0.2, 0.25) is 0 Å². The summed E-state index contributed by atoms with van der Waals surface area (Å²) in [6.45, 7) is 4.44. The minimum atomic E-state index is -0.590. The smallest absolute Gasteiger partial charge is 0.327 e. The van der Waals surface area contributed by atoms with Crippen molar-refractivity contribution in [3.8, 4) is 0 Å². The molecule has 5 heteroatoms. The second-order valence-corrected chi connectivity index (χ2v) is 5.68. The SMILES string of the molecule is CCOC(=O)C(NCc1cccs1)c1ccc(F)cc1C. The quantitative estimate of drug-likeness (QED) is 0.829. The fraction of sp³-hybridized carbons (Fsp3) is 0.312. The molecule has 1 unspecified atom stereocenters. The molecular formula is C16H18FNO2S. The molecule has 0 radical (unpaired) electrons. The van der Waals surface area contributed by atoms with Crippen LogP contribution in [0.2, 0.25) is 0 Å². The molecule has 1 N–H and O–H groups in total.